The van der Waals surface area contributed by atoms with Crippen LogP contribution in [0.1, 0.15) is 36.0 Å². The highest BCUT2D eigenvalue weighted by Gasteiger charge is 2.23. The SMILES string of the molecule is COC(=O)c1ccccc1NC(=O)COc1ccc(S(=O)(=O)NC2CCCC2)cc1Cl. The Labute approximate surface area is 185 Å². The van der Waals surface area contributed by atoms with E-state index in [2.05, 4.69) is 10.0 Å². The van der Waals surface area contributed by atoms with E-state index >= 15 is 0 Å². The largest absolute Gasteiger partial charge is 0.482 e. The van der Waals surface area contributed by atoms with Crippen LogP contribution in [0.25, 0.3) is 0 Å². The predicted molar refractivity (Wildman–Crippen MR) is 116 cm³/mol. The van der Waals surface area contributed by atoms with Crippen molar-refractivity contribution in [2.75, 3.05) is 19.0 Å². The minimum atomic E-state index is -3.68. The molecule has 10 heteroatoms. The maximum absolute atomic E-state index is 12.5. The number of halogens is 1. The zero-order valence-electron chi connectivity index (χ0n) is 16.9. The molecule has 31 heavy (non-hydrogen) atoms. The lowest BCUT2D eigenvalue weighted by Gasteiger charge is -2.14. The molecule has 0 unspecified atom stereocenters. The van der Waals surface area contributed by atoms with Crippen molar-refractivity contribution in [3.05, 3.63) is 53.1 Å². The van der Waals surface area contributed by atoms with Crippen molar-refractivity contribution in [2.24, 2.45) is 0 Å². The van der Waals surface area contributed by atoms with Crippen molar-refractivity contribution < 1.29 is 27.5 Å². The third-order valence-corrected chi connectivity index (χ3v) is 6.67. The standard InChI is InChI=1S/C21H23ClN2O6S/c1-29-21(26)16-8-4-5-9-18(16)23-20(25)13-30-19-11-10-15(12-17(19)22)31(27,28)24-14-6-2-3-7-14/h4-5,8-12,14,24H,2-3,6-7,13H2,1H3,(H,23,25). The Kier molecular flexibility index (Phi) is 7.53. The second-order valence-corrected chi connectivity index (χ2v) is 9.19. The molecule has 0 heterocycles. The summed E-state index contributed by atoms with van der Waals surface area (Å²) in [5.74, 6) is -0.937. The molecule has 0 spiro atoms. The van der Waals surface area contributed by atoms with Gasteiger partial charge in [0.05, 0.1) is 28.3 Å². The monoisotopic (exact) mass is 466 g/mol. The van der Waals surface area contributed by atoms with Crippen molar-refractivity contribution in [3.8, 4) is 5.75 Å². The predicted octanol–water partition coefficient (Wildman–Crippen LogP) is 3.37. The van der Waals surface area contributed by atoms with E-state index in [0.29, 0.717) is 0 Å². The first-order valence-electron chi connectivity index (χ1n) is 9.72. The van der Waals surface area contributed by atoms with Crippen LogP contribution in [0.5, 0.6) is 5.75 Å². The highest BCUT2D eigenvalue weighted by atomic mass is 35.5. The summed E-state index contributed by atoms with van der Waals surface area (Å²) >= 11 is 6.17. The van der Waals surface area contributed by atoms with E-state index in [-0.39, 0.29) is 39.6 Å². The van der Waals surface area contributed by atoms with Crippen molar-refractivity contribution in [1.82, 2.24) is 4.72 Å². The molecule has 1 aliphatic carbocycles. The number of amides is 1. The first-order chi connectivity index (χ1) is 14.8. The quantitative estimate of drug-likeness (QED) is 0.577. The summed E-state index contributed by atoms with van der Waals surface area (Å²) in [6.07, 6.45) is 3.66. The first-order valence-corrected chi connectivity index (χ1v) is 11.6. The molecular formula is C21H23ClN2O6S. The lowest BCUT2D eigenvalue weighted by Crippen LogP contribution is -2.32. The zero-order chi connectivity index (χ0) is 22.4. The Morgan fingerprint density at radius 3 is 2.52 bits per heavy atom. The highest BCUT2D eigenvalue weighted by molar-refractivity contribution is 7.89. The molecule has 0 aromatic heterocycles. The number of methoxy groups -OCH3 is 1. The van der Waals surface area contributed by atoms with E-state index in [0.717, 1.165) is 25.7 Å². The number of rotatable bonds is 8. The smallest absolute Gasteiger partial charge is 0.339 e. The summed E-state index contributed by atoms with van der Waals surface area (Å²) in [5, 5.41) is 2.64. The molecule has 8 nitrogen and oxygen atoms in total. The fourth-order valence-corrected chi connectivity index (χ4v) is 4.94. The topological polar surface area (TPSA) is 111 Å². The number of benzene rings is 2. The van der Waals surface area contributed by atoms with E-state index in [4.69, 9.17) is 21.1 Å². The van der Waals surface area contributed by atoms with Gasteiger partial charge in [-0.3, -0.25) is 4.79 Å². The lowest BCUT2D eigenvalue weighted by atomic mass is 10.2. The minimum Gasteiger partial charge on any atom is -0.482 e. The van der Waals surface area contributed by atoms with Gasteiger partial charge in [0.2, 0.25) is 10.0 Å². The Morgan fingerprint density at radius 2 is 1.84 bits per heavy atom. The van der Waals surface area contributed by atoms with E-state index in [9.17, 15) is 18.0 Å². The maximum atomic E-state index is 12.5. The number of sulfonamides is 1. The number of ether oxygens (including phenoxy) is 2. The summed E-state index contributed by atoms with van der Waals surface area (Å²) in [4.78, 5) is 24.1. The molecule has 2 N–H and O–H groups in total. The summed E-state index contributed by atoms with van der Waals surface area (Å²) < 4.78 is 37.8. The molecule has 0 saturated heterocycles. The molecule has 0 aliphatic heterocycles. The van der Waals surface area contributed by atoms with Crippen LogP contribution in [0.4, 0.5) is 5.69 Å². The number of para-hydroxylation sites is 1. The number of carbonyl (C=O) groups is 2. The van der Waals surface area contributed by atoms with Crippen LogP contribution in [0.15, 0.2) is 47.4 Å². The van der Waals surface area contributed by atoms with Gasteiger partial charge in [0.1, 0.15) is 5.75 Å². The number of nitrogens with one attached hydrogen (secondary N) is 2. The molecule has 0 bridgehead atoms. The van der Waals surface area contributed by atoms with Crippen molar-refractivity contribution in [2.45, 2.75) is 36.6 Å². The summed E-state index contributed by atoms with van der Waals surface area (Å²) in [7, 11) is -2.43. The van der Waals surface area contributed by atoms with Gasteiger partial charge in [-0.15, -0.1) is 0 Å². The van der Waals surface area contributed by atoms with Gasteiger partial charge < -0.3 is 14.8 Å². The molecule has 1 amide bonds. The van der Waals surface area contributed by atoms with Gasteiger partial charge in [0.15, 0.2) is 6.61 Å². The molecule has 0 atom stereocenters. The summed E-state index contributed by atoms with van der Waals surface area (Å²) in [5.41, 5.74) is 0.495. The molecular weight excluding hydrogens is 444 g/mol. The fourth-order valence-electron chi connectivity index (χ4n) is 3.31. The van der Waals surface area contributed by atoms with Gasteiger partial charge in [-0.2, -0.15) is 0 Å². The van der Waals surface area contributed by atoms with E-state index in [1.165, 1.54) is 31.4 Å². The summed E-state index contributed by atoms with van der Waals surface area (Å²) in [6.45, 7) is -0.387. The van der Waals surface area contributed by atoms with Gasteiger partial charge in [-0.25, -0.2) is 17.9 Å². The van der Waals surface area contributed by atoms with Crippen LogP contribution in [0.3, 0.4) is 0 Å². The Morgan fingerprint density at radius 1 is 1.13 bits per heavy atom. The molecule has 166 valence electrons. The van der Waals surface area contributed by atoms with Crippen LogP contribution < -0.4 is 14.8 Å². The van der Waals surface area contributed by atoms with Crippen LogP contribution in [0, 0.1) is 0 Å². The third kappa shape index (κ3) is 5.96. The van der Waals surface area contributed by atoms with E-state index < -0.39 is 21.9 Å². The van der Waals surface area contributed by atoms with Crippen LogP contribution >= 0.6 is 11.6 Å². The van der Waals surface area contributed by atoms with Gasteiger partial charge in [-0.05, 0) is 43.2 Å². The average molecular weight is 467 g/mol. The van der Waals surface area contributed by atoms with Gasteiger partial charge in [-0.1, -0.05) is 36.6 Å². The minimum absolute atomic E-state index is 0.0354. The van der Waals surface area contributed by atoms with Crippen LogP contribution in [0.2, 0.25) is 5.02 Å². The molecule has 2 aromatic carbocycles. The summed E-state index contributed by atoms with van der Waals surface area (Å²) in [6, 6.07) is 10.4. The first kappa shape index (κ1) is 23.1. The number of hydrogen-bond donors (Lipinski definition) is 2. The highest BCUT2D eigenvalue weighted by Crippen LogP contribution is 2.28. The van der Waals surface area contributed by atoms with Crippen molar-refractivity contribution in [3.63, 3.8) is 0 Å². The zero-order valence-corrected chi connectivity index (χ0v) is 18.5. The third-order valence-electron chi connectivity index (χ3n) is 4.86. The van der Waals surface area contributed by atoms with Crippen LogP contribution in [-0.2, 0) is 19.6 Å². The van der Waals surface area contributed by atoms with Crippen molar-refractivity contribution in [1.29, 1.82) is 0 Å². The Hall–Kier alpha value is -2.62. The molecule has 3 rings (SSSR count). The molecule has 2 aromatic rings. The van der Waals surface area contributed by atoms with Gasteiger partial charge in [0.25, 0.3) is 5.91 Å². The van der Waals surface area contributed by atoms with Gasteiger partial charge >= 0.3 is 5.97 Å². The van der Waals surface area contributed by atoms with E-state index in [1.54, 1.807) is 18.2 Å². The number of anilines is 1. The second-order valence-electron chi connectivity index (χ2n) is 7.07. The lowest BCUT2D eigenvalue weighted by molar-refractivity contribution is -0.118. The number of carbonyl (C=O) groups excluding carboxylic acids is 2. The van der Waals surface area contributed by atoms with Crippen LogP contribution in [-0.4, -0.2) is 40.1 Å². The Bertz CT molecular complexity index is 1070. The maximum Gasteiger partial charge on any atom is 0.339 e. The number of hydrogen-bond acceptors (Lipinski definition) is 6. The second kappa shape index (κ2) is 10.1. The molecule has 1 saturated carbocycles. The fraction of sp³-hybridized carbons (Fsp3) is 0.333. The average Bonchev–Trinajstić information content (AvgIpc) is 3.25. The number of esters is 1. The Balaban J connectivity index is 1.62. The van der Waals surface area contributed by atoms with Gasteiger partial charge in [0, 0.05) is 6.04 Å². The molecule has 1 fully saturated rings. The normalized spacial score (nSPS) is 14.3. The molecule has 1 aliphatic rings. The van der Waals surface area contributed by atoms with E-state index in [1.807, 2.05) is 0 Å². The molecule has 0 radical (unpaired) electrons. The van der Waals surface area contributed by atoms with Crippen molar-refractivity contribution >= 4 is 39.2 Å².